The van der Waals surface area contributed by atoms with Gasteiger partial charge in [0.05, 0.1) is 6.61 Å². The molecule has 0 atom stereocenters. The third kappa shape index (κ3) is 3.04. The lowest BCUT2D eigenvalue weighted by atomic mass is 10.0. The Morgan fingerprint density at radius 3 is 2.56 bits per heavy atom. The molecule has 2 aromatic carbocycles. The zero-order valence-electron chi connectivity index (χ0n) is 10.6. The average molecular weight is 242 g/mol. The predicted octanol–water partition coefficient (Wildman–Crippen LogP) is 4.24. The molecule has 0 amide bonds. The molecule has 0 aliphatic carbocycles. The monoisotopic (exact) mass is 242 g/mol. The van der Waals surface area contributed by atoms with Gasteiger partial charge in [-0.3, -0.25) is 0 Å². The third-order valence-corrected chi connectivity index (χ3v) is 2.82. The highest BCUT2D eigenvalue weighted by atomic mass is 16.5. The summed E-state index contributed by atoms with van der Waals surface area (Å²) in [7, 11) is 0. The minimum absolute atomic E-state index is 0.282. The number of rotatable bonds is 5. The number of hydrogen-bond acceptors (Lipinski definition) is 2. The van der Waals surface area contributed by atoms with Crippen LogP contribution < -0.4 is 4.74 Å². The fourth-order valence-electron chi connectivity index (χ4n) is 1.79. The Kier molecular flexibility index (Phi) is 4.24. The molecule has 0 bridgehead atoms. The molecule has 0 fully saturated rings. The van der Waals surface area contributed by atoms with E-state index in [4.69, 9.17) is 4.74 Å². The standard InChI is InChI=1S/C16H18O2/c1-2-3-11-18-14-9-10-16(17)15(12-14)13-7-5-4-6-8-13/h4-10,12,17H,2-3,11H2,1H3. The van der Waals surface area contributed by atoms with Gasteiger partial charge in [-0.25, -0.2) is 0 Å². The second-order valence-corrected chi connectivity index (χ2v) is 4.25. The first kappa shape index (κ1) is 12.5. The second kappa shape index (κ2) is 6.10. The molecule has 2 heteroatoms. The van der Waals surface area contributed by atoms with Crippen molar-refractivity contribution in [2.45, 2.75) is 19.8 Å². The van der Waals surface area contributed by atoms with Crippen LogP contribution in [0.3, 0.4) is 0 Å². The summed E-state index contributed by atoms with van der Waals surface area (Å²) in [5, 5.41) is 9.90. The maximum Gasteiger partial charge on any atom is 0.123 e. The maximum absolute atomic E-state index is 9.90. The lowest BCUT2D eigenvalue weighted by Crippen LogP contribution is -1.96. The van der Waals surface area contributed by atoms with Crippen molar-refractivity contribution in [3.05, 3.63) is 48.5 Å². The van der Waals surface area contributed by atoms with Crippen LogP contribution in [0.25, 0.3) is 11.1 Å². The summed E-state index contributed by atoms with van der Waals surface area (Å²) in [5.74, 6) is 1.09. The fourth-order valence-corrected chi connectivity index (χ4v) is 1.79. The van der Waals surface area contributed by atoms with Gasteiger partial charge in [-0.2, -0.15) is 0 Å². The lowest BCUT2D eigenvalue weighted by molar-refractivity contribution is 0.309. The molecule has 0 aliphatic heterocycles. The Labute approximate surface area is 108 Å². The van der Waals surface area contributed by atoms with Crippen molar-refractivity contribution in [2.75, 3.05) is 6.61 Å². The molecule has 0 aromatic heterocycles. The zero-order valence-corrected chi connectivity index (χ0v) is 10.6. The van der Waals surface area contributed by atoms with Crippen molar-refractivity contribution in [2.24, 2.45) is 0 Å². The van der Waals surface area contributed by atoms with E-state index in [1.807, 2.05) is 36.4 Å². The minimum atomic E-state index is 0.282. The van der Waals surface area contributed by atoms with Gasteiger partial charge >= 0.3 is 0 Å². The van der Waals surface area contributed by atoms with Gasteiger partial charge in [-0.05, 0) is 30.2 Å². The maximum atomic E-state index is 9.90. The highest BCUT2D eigenvalue weighted by molar-refractivity contribution is 5.71. The molecule has 0 heterocycles. The van der Waals surface area contributed by atoms with Gasteiger partial charge in [0.2, 0.25) is 0 Å². The summed E-state index contributed by atoms with van der Waals surface area (Å²) >= 11 is 0. The zero-order chi connectivity index (χ0) is 12.8. The van der Waals surface area contributed by atoms with Gasteiger partial charge in [0.1, 0.15) is 11.5 Å². The number of aromatic hydroxyl groups is 1. The van der Waals surface area contributed by atoms with E-state index in [1.54, 1.807) is 12.1 Å². The average Bonchev–Trinajstić information content (AvgIpc) is 2.42. The Morgan fingerprint density at radius 2 is 1.83 bits per heavy atom. The number of unbranched alkanes of at least 4 members (excludes halogenated alkanes) is 1. The lowest BCUT2D eigenvalue weighted by Gasteiger charge is -2.09. The van der Waals surface area contributed by atoms with E-state index in [1.165, 1.54) is 0 Å². The van der Waals surface area contributed by atoms with Gasteiger partial charge < -0.3 is 9.84 Å². The van der Waals surface area contributed by atoms with E-state index in [0.717, 1.165) is 36.3 Å². The molecule has 1 N–H and O–H groups in total. The van der Waals surface area contributed by atoms with Crippen molar-refractivity contribution in [3.63, 3.8) is 0 Å². The van der Waals surface area contributed by atoms with Crippen molar-refractivity contribution >= 4 is 0 Å². The Hall–Kier alpha value is -1.96. The first-order valence-electron chi connectivity index (χ1n) is 6.32. The number of phenols is 1. The molecule has 18 heavy (non-hydrogen) atoms. The summed E-state index contributed by atoms with van der Waals surface area (Å²) in [6, 6.07) is 15.2. The first-order valence-corrected chi connectivity index (χ1v) is 6.32. The molecule has 2 aromatic rings. The van der Waals surface area contributed by atoms with E-state index in [0.29, 0.717) is 0 Å². The van der Waals surface area contributed by atoms with Crippen molar-refractivity contribution in [1.29, 1.82) is 0 Å². The predicted molar refractivity (Wildman–Crippen MR) is 73.9 cm³/mol. The molecule has 2 nitrogen and oxygen atoms in total. The van der Waals surface area contributed by atoms with Crippen LogP contribution in [-0.2, 0) is 0 Å². The highest BCUT2D eigenvalue weighted by Gasteiger charge is 2.05. The molecular weight excluding hydrogens is 224 g/mol. The Bertz CT molecular complexity index is 492. The Morgan fingerprint density at radius 1 is 1.06 bits per heavy atom. The van der Waals surface area contributed by atoms with Crippen molar-refractivity contribution in [1.82, 2.24) is 0 Å². The molecular formula is C16H18O2. The number of benzene rings is 2. The normalized spacial score (nSPS) is 10.3. The van der Waals surface area contributed by atoms with E-state index >= 15 is 0 Å². The van der Waals surface area contributed by atoms with E-state index in [9.17, 15) is 5.11 Å². The van der Waals surface area contributed by atoms with Gasteiger partial charge in [0, 0.05) is 5.56 Å². The van der Waals surface area contributed by atoms with Crippen LogP contribution in [0, 0.1) is 0 Å². The van der Waals surface area contributed by atoms with Gasteiger partial charge in [-0.15, -0.1) is 0 Å². The van der Waals surface area contributed by atoms with Crippen molar-refractivity contribution in [3.8, 4) is 22.6 Å². The summed E-state index contributed by atoms with van der Waals surface area (Å²) in [4.78, 5) is 0. The van der Waals surface area contributed by atoms with Crippen LogP contribution in [0.5, 0.6) is 11.5 Å². The summed E-state index contributed by atoms with van der Waals surface area (Å²) < 4.78 is 5.65. The van der Waals surface area contributed by atoms with Crippen molar-refractivity contribution < 1.29 is 9.84 Å². The highest BCUT2D eigenvalue weighted by Crippen LogP contribution is 2.32. The van der Waals surface area contributed by atoms with Crippen LogP contribution in [0.2, 0.25) is 0 Å². The second-order valence-electron chi connectivity index (χ2n) is 4.25. The van der Waals surface area contributed by atoms with Crippen LogP contribution in [0.4, 0.5) is 0 Å². The summed E-state index contributed by atoms with van der Waals surface area (Å²) in [5.41, 5.74) is 1.81. The molecule has 0 saturated heterocycles. The molecule has 2 rings (SSSR count). The van der Waals surface area contributed by atoms with Gasteiger partial charge in [-0.1, -0.05) is 43.7 Å². The molecule has 0 spiro atoms. The van der Waals surface area contributed by atoms with Crippen LogP contribution in [-0.4, -0.2) is 11.7 Å². The quantitative estimate of drug-likeness (QED) is 0.795. The van der Waals surface area contributed by atoms with Gasteiger partial charge in [0.25, 0.3) is 0 Å². The first-order chi connectivity index (χ1) is 8.81. The summed E-state index contributed by atoms with van der Waals surface area (Å²) in [6.45, 7) is 2.85. The molecule has 0 aliphatic rings. The molecule has 0 radical (unpaired) electrons. The molecule has 0 saturated carbocycles. The third-order valence-electron chi connectivity index (χ3n) is 2.82. The smallest absolute Gasteiger partial charge is 0.123 e. The molecule has 94 valence electrons. The largest absolute Gasteiger partial charge is 0.507 e. The fraction of sp³-hybridized carbons (Fsp3) is 0.250. The SMILES string of the molecule is CCCCOc1ccc(O)c(-c2ccccc2)c1. The molecule has 0 unspecified atom stereocenters. The van der Waals surface area contributed by atoms with Gasteiger partial charge in [0.15, 0.2) is 0 Å². The topological polar surface area (TPSA) is 29.5 Å². The van der Waals surface area contributed by atoms with E-state index in [-0.39, 0.29) is 5.75 Å². The minimum Gasteiger partial charge on any atom is -0.507 e. The van der Waals surface area contributed by atoms with E-state index < -0.39 is 0 Å². The van der Waals surface area contributed by atoms with Crippen LogP contribution >= 0.6 is 0 Å². The van der Waals surface area contributed by atoms with Crippen LogP contribution in [0.15, 0.2) is 48.5 Å². The number of phenolic OH excluding ortho intramolecular Hbond substituents is 1. The number of ether oxygens (including phenoxy) is 1. The Balaban J connectivity index is 2.22. The van der Waals surface area contributed by atoms with E-state index in [2.05, 4.69) is 6.92 Å². The van der Waals surface area contributed by atoms with Crippen LogP contribution in [0.1, 0.15) is 19.8 Å². The number of hydrogen-bond donors (Lipinski definition) is 1. The summed E-state index contributed by atoms with van der Waals surface area (Å²) in [6.07, 6.45) is 2.16.